The van der Waals surface area contributed by atoms with Crippen molar-refractivity contribution in [3.05, 3.63) is 84.6 Å². The van der Waals surface area contributed by atoms with Gasteiger partial charge in [0.2, 0.25) is 5.88 Å². The van der Waals surface area contributed by atoms with Crippen molar-refractivity contribution in [1.29, 1.82) is 0 Å². The number of pyridine rings is 1. The molecule has 0 aliphatic heterocycles. The second kappa shape index (κ2) is 12.9. The number of nitrogens with zero attached hydrogens (tertiary/aromatic N) is 4. The van der Waals surface area contributed by atoms with Crippen LogP contribution in [0.1, 0.15) is 26.3 Å². The molecule has 1 N–H and O–H groups in total. The molecule has 3 aromatic heterocycles. The highest BCUT2D eigenvalue weighted by atomic mass is 19.4. The third-order valence-corrected chi connectivity index (χ3v) is 6.30. The zero-order valence-electron chi connectivity index (χ0n) is 25.2. The largest absolute Gasteiger partial charge is 0.494 e. The van der Waals surface area contributed by atoms with E-state index in [0.717, 1.165) is 18.0 Å². The molecule has 46 heavy (non-hydrogen) atoms. The van der Waals surface area contributed by atoms with Crippen LogP contribution in [0.2, 0.25) is 0 Å². The molecule has 0 bridgehead atoms. The summed E-state index contributed by atoms with van der Waals surface area (Å²) in [4.78, 5) is 25.0. The molecule has 0 unspecified atom stereocenters. The fourth-order valence-corrected chi connectivity index (χ4v) is 4.47. The topological polar surface area (TPSA) is 110 Å². The first-order chi connectivity index (χ1) is 21.8. The highest BCUT2D eigenvalue weighted by molar-refractivity contribution is 5.91. The van der Waals surface area contributed by atoms with Crippen LogP contribution < -0.4 is 19.5 Å². The van der Waals surface area contributed by atoms with E-state index in [0.29, 0.717) is 0 Å². The Morgan fingerprint density at radius 3 is 2.37 bits per heavy atom. The van der Waals surface area contributed by atoms with Gasteiger partial charge in [-0.1, -0.05) is 30.3 Å². The van der Waals surface area contributed by atoms with Crippen molar-refractivity contribution in [2.24, 2.45) is 0 Å². The van der Waals surface area contributed by atoms with E-state index in [-0.39, 0.29) is 57.8 Å². The second-order valence-electron chi connectivity index (χ2n) is 11.0. The first-order valence-corrected chi connectivity index (χ1v) is 13.9. The lowest BCUT2D eigenvalue weighted by atomic mass is 10.2. The molecule has 0 saturated carbocycles. The van der Waals surface area contributed by atoms with E-state index < -0.39 is 30.3 Å². The minimum atomic E-state index is -4.65. The van der Waals surface area contributed by atoms with Crippen LogP contribution in [0.15, 0.2) is 73.2 Å². The molecule has 0 spiro atoms. The summed E-state index contributed by atoms with van der Waals surface area (Å²) in [5.74, 6) is -0.983. The van der Waals surface area contributed by atoms with Gasteiger partial charge in [0.15, 0.2) is 18.2 Å². The monoisotopic (exact) mass is 639 g/mol. The first-order valence-electron chi connectivity index (χ1n) is 13.9. The summed E-state index contributed by atoms with van der Waals surface area (Å²) in [6, 6.07) is 16.3. The van der Waals surface area contributed by atoms with Gasteiger partial charge in [-0.3, -0.25) is 5.32 Å². The number of alkyl halides is 3. The number of nitrogens with one attached hydrogen (secondary N) is 1. The van der Waals surface area contributed by atoms with Gasteiger partial charge in [0.05, 0.1) is 30.2 Å². The van der Waals surface area contributed by atoms with Crippen molar-refractivity contribution >= 4 is 22.8 Å². The molecule has 5 rings (SSSR count). The van der Waals surface area contributed by atoms with Crippen LogP contribution in [0.4, 0.5) is 28.0 Å². The van der Waals surface area contributed by atoms with E-state index in [1.54, 1.807) is 20.8 Å². The van der Waals surface area contributed by atoms with Gasteiger partial charge in [0, 0.05) is 17.8 Å². The Labute approximate surface area is 260 Å². The summed E-state index contributed by atoms with van der Waals surface area (Å²) >= 11 is 0. The van der Waals surface area contributed by atoms with E-state index >= 15 is 4.39 Å². The van der Waals surface area contributed by atoms with Crippen LogP contribution >= 0.6 is 0 Å². The van der Waals surface area contributed by atoms with Crippen molar-refractivity contribution in [3.8, 4) is 34.5 Å². The Balaban J connectivity index is 1.60. The van der Waals surface area contributed by atoms with E-state index in [9.17, 15) is 18.0 Å². The maximum absolute atomic E-state index is 15.5. The summed E-state index contributed by atoms with van der Waals surface area (Å²) in [7, 11) is 1.38. The average molecular weight is 640 g/mol. The van der Waals surface area contributed by atoms with Gasteiger partial charge in [-0.2, -0.15) is 18.2 Å². The maximum atomic E-state index is 15.5. The van der Waals surface area contributed by atoms with Gasteiger partial charge >= 0.3 is 12.3 Å². The summed E-state index contributed by atoms with van der Waals surface area (Å²) in [6.45, 7) is 3.64. The molecule has 0 aliphatic carbocycles. The van der Waals surface area contributed by atoms with E-state index in [1.807, 2.05) is 30.3 Å². The van der Waals surface area contributed by atoms with Crippen LogP contribution in [0.3, 0.4) is 0 Å². The number of carbonyl (C=O) groups is 1. The Bertz CT molecular complexity index is 1860. The van der Waals surface area contributed by atoms with Crippen LogP contribution in [0.25, 0.3) is 28.1 Å². The maximum Gasteiger partial charge on any atom is 0.422 e. The lowest BCUT2D eigenvalue weighted by Crippen LogP contribution is -2.27. The molecular formula is C32H29F4N5O5. The number of aromatic nitrogens is 4. The predicted molar refractivity (Wildman–Crippen MR) is 161 cm³/mol. The molecule has 5 aromatic rings. The molecule has 10 nitrogen and oxygen atoms in total. The molecule has 0 saturated heterocycles. The molecule has 0 radical (unpaired) electrons. The van der Waals surface area contributed by atoms with Crippen LogP contribution in [-0.2, 0) is 11.3 Å². The molecule has 3 heterocycles. The van der Waals surface area contributed by atoms with Crippen molar-refractivity contribution in [3.63, 3.8) is 0 Å². The molecule has 2 aromatic carbocycles. The van der Waals surface area contributed by atoms with Crippen molar-refractivity contribution < 1.29 is 41.3 Å². The summed E-state index contributed by atoms with van der Waals surface area (Å²) in [5, 5.41) is 2.58. The van der Waals surface area contributed by atoms with Crippen molar-refractivity contribution in [2.75, 3.05) is 19.0 Å². The third kappa shape index (κ3) is 7.62. The second-order valence-corrected chi connectivity index (χ2v) is 11.0. The van der Waals surface area contributed by atoms with Crippen molar-refractivity contribution in [2.45, 2.75) is 39.2 Å². The van der Waals surface area contributed by atoms with Crippen LogP contribution in [0.5, 0.6) is 17.4 Å². The number of hydrogen-bond acceptors (Lipinski definition) is 8. The molecule has 0 aliphatic rings. The molecule has 0 fully saturated rings. The van der Waals surface area contributed by atoms with E-state index in [1.165, 1.54) is 42.1 Å². The summed E-state index contributed by atoms with van der Waals surface area (Å²) in [6.07, 6.45) is -2.97. The number of carbonyl (C=O) groups excluding carboxylic acids is 1. The average Bonchev–Trinajstić information content (AvgIpc) is 3.38. The summed E-state index contributed by atoms with van der Waals surface area (Å²) in [5.41, 5.74) is 1.18. The Morgan fingerprint density at radius 1 is 0.935 bits per heavy atom. The minimum Gasteiger partial charge on any atom is -0.494 e. The predicted octanol–water partition coefficient (Wildman–Crippen LogP) is 7.50. The number of fused-ring (bicyclic) bond motifs is 1. The van der Waals surface area contributed by atoms with E-state index in [2.05, 4.69) is 20.3 Å². The molecule has 240 valence electrons. The fraction of sp³-hybridized carbons (Fsp3) is 0.250. The van der Waals surface area contributed by atoms with Gasteiger partial charge in [0.1, 0.15) is 35.5 Å². The fourth-order valence-electron chi connectivity index (χ4n) is 4.47. The first kappa shape index (κ1) is 32.0. The zero-order chi connectivity index (χ0) is 33.1. The van der Waals surface area contributed by atoms with Gasteiger partial charge in [-0.15, -0.1) is 0 Å². The number of anilines is 1. The zero-order valence-corrected chi connectivity index (χ0v) is 25.2. The highest BCUT2D eigenvalue weighted by Crippen LogP contribution is 2.39. The molecule has 0 atom stereocenters. The smallest absolute Gasteiger partial charge is 0.422 e. The SMILES string of the molecule is COc1cc(NC(=O)OC(C)(C)C)cnc1-c1cc2ncnc(OCC(F)(F)F)c2n1-c1ccc(OCc2ccccc2)c(F)c1. The number of benzene rings is 2. The number of hydrogen-bond donors (Lipinski definition) is 1. The minimum absolute atomic E-state index is 0.0268. The highest BCUT2D eigenvalue weighted by Gasteiger charge is 2.30. The Morgan fingerprint density at radius 2 is 1.70 bits per heavy atom. The van der Waals surface area contributed by atoms with Crippen LogP contribution in [-0.4, -0.2) is 51.1 Å². The van der Waals surface area contributed by atoms with Crippen molar-refractivity contribution in [1.82, 2.24) is 19.5 Å². The lowest BCUT2D eigenvalue weighted by Gasteiger charge is -2.20. The normalized spacial score (nSPS) is 11.7. The van der Waals surface area contributed by atoms with Gasteiger partial charge in [0.25, 0.3) is 0 Å². The summed E-state index contributed by atoms with van der Waals surface area (Å²) < 4.78 is 77.9. The Hall–Kier alpha value is -5.40. The van der Waals surface area contributed by atoms with Gasteiger partial charge < -0.3 is 23.5 Å². The van der Waals surface area contributed by atoms with Crippen LogP contribution in [0, 0.1) is 5.82 Å². The number of methoxy groups -OCH3 is 1. The molecular weight excluding hydrogens is 610 g/mol. The third-order valence-electron chi connectivity index (χ3n) is 6.30. The molecule has 1 amide bonds. The molecule has 14 heteroatoms. The van der Waals surface area contributed by atoms with Gasteiger partial charge in [-0.25, -0.2) is 19.2 Å². The number of halogens is 4. The Kier molecular flexibility index (Phi) is 8.98. The number of amides is 1. The number of rotatable bonds is 9. The number of ether oxygens (including phenoxy) is 4. The van der Waals surface area contributed by atoms with E-state index in [4.69, 9.17) is 18.9 Å². The van der Waals surface area contributed by atoms with Gasteiger partial charge in [-0.05, 0) is 44.5 Å². The standard InChI is InChI=1S/C32H29F4N5O5/c1-31(2,3)46-30(42)40-20-12-26(43-4)27(37-15-20)24-14-23-28(29(39-18-38-23)45-17-32(34,35)36)41(24)21-10-11-25(22(33)13-21)44-16-19-8-6-5-7-9-19/h5-15,18H,16-17H2,1-4H3,(H,40,42). The lowest BCUT2D eigenvalue weighted by molar-refractivity contribution is -0.153. The quantitative estimate of drug-likeness (QED) is 0.165.